The van der Waals surface area contributed by atoms with Gasteiger partial charge in [0.15, 0.2) is 0 Å². The molecule has 0 radical (unpaired) electrons. The molecule has 1 aromatic carbocycles. The molecule has 0 aliphatic carbocycles. The molecule has 2 aliphatic heterocycles. The number of hydrogen-bond acceptors (Lipinski definition) is 3. The Balaban J connectivity index is 1.55. The zero-order chi connectivity index (χ0) is 14.7. The van der Waals surface area contributed by atoms with Gasteiger partial charge in [0.1, 0.15) is 5.75 Å². The number of hydrogen-bond donors (Lipinski definition) is 1. The molecule has 2 fully saturated rings. The van der Waals surface area contributed by atoms with Crippen molar-refractivity contribution in [1.29, 1.82) is 0 Å². The third-order valence-electron chi connectivity index (χ3n) is 4.88. The van der Waals surface area contributed by atoms with E-state index in [0.29, 0.717) is 5.41 Å². The van der Waals surface area contributed by atoms with Crippen LogP contribution in [0, 0.1) is 5.41 Å². The molecule has 21 heavy (non-hydrogen) atoms. The van der Waals surface area contributed by atoms with E-state index in [1.165, 1.54) is 51.0 Å². The Labute approximate surface area is 128 Å². The molecular weight excluding hydrogens is 260 g/mol. The van der Waals surface area contributed by atoms with Gasteiger partial charge in [-0.3, -0.25) is 4.90 Å². The molecule has 3 heteroatoms. The molecule has 0 aromatic heterocycles. The second-order valence-corrected chi connectivity index (χ2v) is 7.02. The van der Waals surface area contributed by atoms with Crippen molar-refractivity contribution >= 4 is 0 Å². The number of piperidine rings is 1. The average molecular weight is 288 g/mol. The second kappa shape index (κ2) is 6.37. The fraction of sp³-hybridized carbons (Fsp3) is 0.667. The van der Waals surface area contributed by atoms with Crippen LogP contribution in [-0.2, 0) is 6.54 Å². The van der Waals surface area contributed by atoms with Gasteiger partial charge >= 0.3 is 0 Å². The van der Waals surface area contributed by atoms with E-state index < -0.39 is 0 Å². The minimum Gasteiger partial charge on any atom is -0.491 e. The lowest BCUT2D eigenvalue weighted by Crippen LogP contribution is -2.38. The van der Waals surface area contributed by atoms with Gasteiger partial charge in [-0.2, -0.15) is 0 Å². The third-order valence-corrected chi connectivity index (χ3v) is 4.88. The summed E-state index contributed by atoms with van der Waals surface area (Å²) in [5, 5.41) is 3.49. The molecular formula is C18H28N2O. The minimum absolute atomic E-state index is 0.245. The fourth-order valence-corrected chi connectivity index (χ4v) is 3.73. The van der Waals surface area contributed by atoms with E-state index in [2.05, 4.69) is 48.3 Å². The Bertz CT molecular complexity index is 449. The van der Waals surface area contributed by atoms with Gasteiger partial charge in [0.25, 0.3) is 0 Å². The molecule has 0 atom stereocenters. The summed E-state index contributed by atoms with van der Waals surface area (Å²) in [4.78, 5) is 2.63. The van der Waals surface area contributed by atoms with Crippen molar-refractivity contribution in [2.45, 2.75) is 45.8 Å². The highest BCUT2D eigenvalue weighted by molar-refractivity contribution is 5.27. The lowest BCUT2D eigenvalue weighted by Gasteiger charge is -2.33. The van der Waals surface area contributed by atoms with Crippen LogP contribution in [0.5, 0.6) is 5.75 Å². The molecule has 2 aliphatic rings. The lowest BCUT2D eigenvalue weighted by molar-refractivity contribution is 0.194. The maximum atomic E-state index is 5.71. The van der Waals surface area contributed by atoms with Gasteiger partial charge in [-0.15, -0.1) is 0 Å². The van der Waals surface area contributed by atoms with Crippen molar-refractivity contribution in [3.05, 3.63) is 29.8 Å². The molecule has 2 saturated heterocycles. The SMILES string of the molecule is CC(C)Oc1ccc(CN2CCC3(CCNCC3)C2)cc1. The molecule has 0 unspecified atom stereocenters. The lowest BCUT2D eigenvalue weighted by atomic mass is 9.78. The van der Waals surface area contributed by atoms with Gasteiger partial charge in [0, 0.05) is 13.1 Å². The van der Waals surface area contributed by atoms with Crippen LogP contribution in [0.25, 0.3) is 0 Å². The molecule has 0 saturated carbocycles. The predicted octanol–water partition coefficient (Wildman–Crippen LogP) is 3.05. The predicted molar refractivity (Wildman–Crippen MR) is 86.6 cm³/mol. The van der Waals surface area contributed by atoms with Gasteiger partial charge in [-0.25, -0.2) is 0 Å². The Morgan fingerprint density at radius 3 is 2.52 bits per heavy atom. The normalized spacial score (nSPS) is 22.0. The van der Waals surface area contributed by atoms with Gasteiger partial charge < -0.3 is 10.1 Å². The summed E-state index contributed by atoms with van der Waals surface area (Å²) < 4.78 is 5.71. The Morgan fingerprint density at radius 1 is 1.14 bits per heavy atom. The van der Waals surface area contributed by atoms with E-state index in [-0.39, 0.29) is 6.10 Å². The van der Waals surface area contributed by atoms with Crippen LogP contribution < -0.4 is 10.1 Å². The minimum atomic E-state index is 0.245. The standard InChI is InChI=1S/C18H28N2O/c1-15(2)21-17-5-3-16(4-6-17)13-20-12-9-18(14-20)7-10-19-11-8-18/h3-6,15,19H,7-14H2,1-2H3. The summed E-state index contributed by atoms with van der Waals surface area (Å²) >= 11 is 0. The molecule has 0 amide bonds. The van der Waals surface area contributed by atoms with Crippen molar-refractivity contribution in [1.82, 2.24) is 10.2 Å². The van der Waals surface area contributed by atoms with Gasteiger partial charge in [0.2, 0.25) is 0 Å². The number of nitrogens with one attached hydrogen (secondary N) is 1. The number of nitrogens with zero attached hydrogens (tertiary/aromatic N) is 1. The van der Waals surface area contributed by atoms with Gasteiger partial charge in [-0.1, -0.05) is 12.1 Å². The van der Waals surface area contributed by atoms with Crippen molar-refractivity contribution < 1.29 is 4.74 Å². The zero-order valence-corrected chi connectivity index (χ0v) is 13.4. The van der Waals surface area contributed by atoms with E-state index >= 15 is 0 Å². The maximum Gasteiger partial charge on any atom is 0.119 e. The Kier molecular flexibility index (Phi) is 4.51. The van der Waals surface area contributed by atoms with Crippen LogP contribution >= 0.6 is 0 Å². The van der Waals surface area contributed by atoms with Crippen LogP contribution in [0.15, 0.2) is 24.3 Å². The fourth-order valence-electron chi connectivity index (χ4n) is 3.73. The number of benzene rings is 1. The van der Waals surface area contributed by atoms with Crippen LogP contribution in [0.2, 0.25) is 0 Å². The van der Waals surface area contributed by atoms with Gasteiger partial charge in [0.05, 0.1) is 6.10 Å². The first kappa shape index (κ1) is 14.9. The first-order valence-corrected chi connectivity index (χ1v) is 8.34. The van der Waals surface area contributed by atoms with E-state index in [9.17, 15) is 0 Å². The largest absolute Gasteiger partial charge is 0.491 e. The van der Waals surface area contributed by atoms with E-state index in [4.69, 9.17) is 4.74 Å². The van der Waals surface area contributed by atoms with E-state index in [1.54, 1.807) is 0 Å². The molecule has 2 heterocycles. The van der Waals surface area contributed by atoms with Crippen molar-refractivity contribution in [2.24, 2.45) is 5.41 Å². The molecule has 1 spiro atoms. The Morgan fingerprint density at radius 2 is 1.86 bits per heavy atom. The van der Waals surface area contributed by atoms with E-state index in [1.807, 2.05) is 0 Å². The van der Waals surface area contributed by atoms with Crippen LogP contribution in [0.1, 0.15) is 38.7 Å². The highest BCUT2D eigenvalue weighted by Crippen LogP contribution is 2.39. The van der Waals surface area contributed by atoms with Gasteiger partial charge in [-0.05, 0) is 75.9 Å². The summed E-state index contributed by atoms with van der Waals surface area (Å²) in [6.45, 7) is 10.2. The molecule has 116 valence electrons. The third kappa shape index (κ3) is 3.78. The summed E-state index contributed by atoms with van der Waals surface area (Å²) in [6.07, 6.45) is 4.33. The highest BCUT2D eigenvalue weighted by Gasteiger charge is 2.38. The quantitative estimate of drug-likeness (QED) is 0.921. The topological polar surface area (TPSA) is 24.5 Å². The summed E-state index contributed by atoms with van der Waals surface area (Å²) in [6, 6.07) is 8.63. The van der Waals surface area contributed by atoms with Crippen molar-refractivity contribution in [2.75, 3.05) is 26.2 Å². The van der Waals surface area contributed by atoms with Crippen molar-refractivity contribution in [3.8, 4) is 5.75 Å². The summed E-state index contributed by atoms with van der Waals surface area (Å²) in [5.74, 6) is 0.977. The molecule has 3 rings (SSSR count). The van der Waals surface area contributed by atoms with E-state index in [0.717, 1.165) is 12.3 Å². The smallest absolute Gasteiger partial charge is 0.119 e. The van der Waals surface area contributed by atoms with Crippen LogP contribution in [-0.4, -0.2) is 37.2 Å². The summed E-state index contributed by atoms with van der Waals surface area (Å²) in [5.41, 5.74) is 2.00. The van der Waals surface area contributed by atoms with Crippen molar-refractivity contribution in [3.63, 3.8) is 0 Å². The Hall–Kier alpha value is -1.06. The number of likely N-dealkylation sites (tertiary alicyclic amines) is 1. The average Bonchev–Trinajstić information content (AvgIpc) is 2.84. The molecule has 0 bridgehead atoms. The first-order chi connectivity index (χ1) is 10.2. The zero-order valence-electron chi connectivity index (χ0n) is 13.4. The number of ether oxygens (including phenoxy) is 1. The maximum absolute atomic E-state index is 5.71. The molecule has 1 N–H and O–H groups in total. The monoisotopic (exact) mass is 288 g/mol. The highest BCUT2D eigenvalue weighted by atomic mass is 16.5. The second-order valence-electron chi connectivity index (χ2n) is 7.02. The van der Waals surface area contributed by atoms with Crippen LogP contribution in [0.3, 0.4) is 0 Å². The summed E-state index contributed by atoms with van der Waals surface area (Å²) in [7, 11) is 0. The first-order valence-electron chi connectivity index (χ1n) is 8.34. The molecule has 3 nitrogen and oxygen atoms in total. The molecule has 1 aromatic rings. The van der Waals surface area contributed by atoms with Crippen LogP contribution in [0.4, 0.5) is 0 Å². The number of rotatable bonds is 4.